The number of carboxylic acids is 1. The van der Waals surface area contributed by atoms with Crippen LogP contribution in [-0.4, -0.2) is 28.0 Å². The lowest BCUT2D eigenvalue weighted by Crippen LogP contribution is -2.34. The van der Waals surface area contributed by atoms with Gasteiger partial charge in [-0.05, 0) is 18.6 Å². The maximum atomic E-state index is 12.0. The predicted octanol–water partition coefficient (Wildman–Crippen LogP) is 1.99. The minimum atomic E-state index is -2.52. The summed E-state index contributed by atoms with van der Waals surface area (Å²) in [5.41, 5.74) is 0. The Hall–Kier alpha value is -0.320. The Balaban J connectivity index is 2.65. The van der Waals surface area contributed by atoms with Gasteiger partial charge in [0, 0.05) is 6.42 Å². The molecule has 1 aliphatic rings. The van der Waals surface area contributed by atoms with Crippen LogP contribution in [0.25, 0.3) is 0 Å². The largest absolute Gasteiger partial charge is 0.480 e. The summed E-state index contributed by atoms with van der Waals surface area (Å²) in [5, 5.41) is 8.76. The molecule has 5 heteroatoms. The first-order valence-electron chi connectivity index (χ1n) is 3.72. The summed E-state index contributed by atoms with van der Waals surface area (Å²) >= 11 is 1.15. The van der Waals surface area contributed by atoms with Gasteiger partial charge in [0.1, 0.15) is 4.75 Å². The first kappa shape index (κ1) is 9.77. The van der Waals surface area contributed by atoms with Gasteiger partial charge in [0.05, 0.1) is 0 Å². The van der Waals surface area contributed by atoms with Crippen molar-refractivity contribution in [3.63, 3.8) is 0 Å². The van der Waals surface area contributed by atoms with Gasteiger partial charge >= 0.3 is 5.97 Å². The van der Waals surface area contributed by atoms with E-state index in [2.05, 4.69) is 0 Å². The van der Waals surface area contributed by atoms with E-state index in [0.29, 0.717) is 12.2 Å². The minimum Gasteiger partial charge on any atom is -0.480 e. The zero-order chi connectivity index (χ0) is 9.19. The van der Waals surface area contributed by atoms with Gasteiger partial charge < -0.3 is 5.11 Å². The van der Waals surface area contributed by atoms with Crippen molar-refractivity contribution in [3.05, 3.63) is 0 Å². The van der Waals surface area contributed by atoms with E-state index in [1.165, 1.54) is 0 Å². The van der Waals surface area contributed by atoms with Gasteiger partial charge in [-0.25, -0.2) is 8.78 Å². The van der Waals surface area contributed by atoms with Crippen LogP contribution < -0.4 is 0 Å². The van der Waals surface area contributed by atoms with Crippen molar-refractivity contribution in [1.29, 1.82) is 0 Å². The van der Waals surface area contributed by atoms with Gasteiger partial charge in [-0.3, -0.25) is 4.79 Å². The molecule has 2 nitrogen and oxygen atoms in total. The minimum absolute atomic E-state index is 0.372. The van der Waals surface area contributed by atoms with E-state index < -0.39 is 23.6 Å². The van der Waals surface area contributed by atoms with Gasteiger partial charge in [0.15, 0.2) is 0 Å². The molecule has 0 aromatic heterocycles. The Labute approximate surface area is 73.3 Å². The Morgan fingerprint density at radius 1 is 1.67 bits per heavy atom. The summed E-state index contributed by atoms with van der Waals surface area (Å²) in [6, 6.07) is 0. The molecule has 1 atom stereocenters. The molecule has 0 bridgehead atoms. The number of halogens is 2. The number of thioether (sulfide) groups is 1. The van der Waals surface area contributed by atoms with Crippen molar-refractivity contribution in [2.75, 3.05) is 5.75 Å². The van der Waals surface area contributed by atoms with E-state index in [-0.39, 0.29) is 0 Å². The summed E-state index contributed by atoms with van der Waals surface area (Å²) in [6.07, 6.45) is -1.94. The van der Waals surface area contributed by atoms with Crippen molar-refractivity contribution in [1.82, 2.24) is 0 Å². The quantitative estimate of drug-likeness (QED) is 0.750. The molecule has 0 aliphatic carbocycles. The van der Waals surface area contributed by atoms with Crippen LogP contribution in [-0.2, 0) is 4.79 Å². The van der Waals surface area contributed by atoms with Crippen molar-refractivity contribution in [2.45, 2.75) is 30.4 Å². The number of carbonyl (C=O) groups is 1. The zero-order valence-electron chi connectivity index (χ0n) is 6.43. The Kier molecular flexibility index (Phi) is 2.93. The third kappa shape index (κ3) is 1.88. The summed E-state index contributed by atoms with van der Waals surface area (Å²) in [4.78, 5) is 10.7. The molecule has 1 heterocycles. The van der Waals surface area contributed by atoms with Gasteiger partial charge in [-0.2, -0.15) is 0 Å². The van der Waals surface area contributed by atoms with Crippen LogP contribution >= 0.6 is 11.8 Å². The van der Waals surface area contributed by atoms with Crippen LogP contribution in [0.3, 0.4) is 0 Å². The normalized spacial score (nSPS) is 29.6. The highest BCUT2D eigenvalue weighted by atomic mass is 32.2. The second-order valence-electron chi connectivity index (χ2n) is 2.85. The van der Waals surface area contributed by atoms with E-state index in [9.17, 15) is 13.6 Å². The first-order valence-corrected chi connectivity index (χ1v) is 4.71. The molecule has 70 valence electrons. The van der Waals surface area contributed by atoms with Crippen molar-refractivity contribution >= 4 is 17.7 Å². The Morgan fingerprint density at radius 2 is 2.33 bits per heavy atom. The first-order chi connectivity index (χ1) is 5.57. The van der Waals surface area contributed by atoms with Gasteiger partial charge in [0.2, 0.25) is 6.43 Å². The summed E-state index contributed by atoms with van der Waals surface area (Å²) in [7, 11) is 0. The monoisotopic (exact) mass is 196 g/mol. The fourth-order valence-electron chi connectivity index (χ4n) is 1.36. The Morgan fingerprint density at radius 3 is 2.67 bits per heavy atom. The van der Waals surface area contributed by atoms with Crippen LogP contribution in [0.15, 0.2) is 0 Å². The maximum absolute atomic E-state index is 12.0. The van der Waals surface area contributed by atoms with Crippen molar-refractivity contribution in [2.24, 2.45) is 0 Å². The highest BCUT2D eigenvalue weighted by molar-refractivity contribution is 8.01. The fourth-order valence-corrected chi connectivity index (χ4v) is 2.70. The van der Waals surface area contributed by atoms with Gasteiger partial charge in [0.25, 0.3) is 0 Å². The molecule has 0 aromatic rings. The van der Waals surface area contributed by atoms with Crippen LogP contribution in [0.2, 0.25) is 0 Å². The highest BCUT2D eigenvalue weighted by Gasteiger charge is 2.44. The molecule has 1 rings (SSSR count). The summed E-state index contributed by atoms with van der Waals surface area (Å²) < 4.78 is 22.8. The number of alkyl halides is 2. The molecule has 0 saturated carbocycles. The lowest BCUT2D eigenvalue weighted by atomic mass is 10.00. The second kappa shape index (κ2) is 3.60. The van der Waals surface area contributed by atoms with E-state index in [1.54, 1.807) is 0 Å². The van der Waals surface area contributed by atoms with Crippen LogP contribution in [0.1, 0.15) is 19.3 Å². The number of hydrogen-bond donors (Lipinski definition) is 1. The maximum Gasteiger partial charge on any atom is 0.319 e. The topological polar surface area (TPSA) is 37.3 Å². The number of rotatable bonds is 3. The predicted molar refractivity (Wildman–Crippen MR) is 42.7 cm³/mol. The average molecular weight is 196 g/mol. The van der Waals surface area contributed by atoms with Crippen molar-refractivity contribution in [3.8, 4) is 0 Å². The number of carboxylic acid groups (broad SMARTS) is 1. The van der Waals surface area contributed by atoms with Gasteiger partial charge in [-0.1, -0.05) is 0 Å². The van der Waals surface area contributed by atoms with E-state index >= 15 is 0 Å². The molecule has 1 saturated heterocycles. The average Bonchev–Trinajstić information content (AvgIpc) is 2.35. The lowest BCUT2D eigenvalue weighted by Gasteiger charge is -2.21. The summed E-state index contributed by atoms with van der Waals surface area (Å²) in [5.74, 6) is -0.413. The van der Waals surface area contributed by atoms with Crippen LogP contribution in [0.5, 0.6) is 0 Å². The second-order valence-corrected chi connectivity index (χ2v) is 4.33. The molecule has 1 fully saturated rings. The zero-order valence-corrected chi connectivity index (χ0v) is 7.24. The number of aliphatic carboxylic acids is 1. The molecule has 0 spiro atoms. The highest BCUT2D eigenvalue weighted by Crippen LogP contribution is 2.42. The third-order valence-corrected chi connectivity index (χ3v) is 3.57. The smallest absolute Gasteiger partial charge is 0.319 e. The molecule has 1 aliphatic heterocycles. The molecule has 0 radical (unpaired) electrons. The fraction of sp³-hybridized carbons (Fsp3) is 0.857. The molecule has 1 unspecified atom stereocenters. The van der Waals surface area contributed by atoms with E-state index in [4.69, 9.17) is 5.11 Å². The number of hydrogen-bond acceptors (Lipinski definition) is 2. The third-order valence-electron chi connectivity index (χ3n) is 1.98. The van der Waals surface area contributed by atoms with E-state index in [0.717, 1.165) is 18.2 Å². The Bertz CT molecular complexity index is 178. The molecular weight excluding hydrogens is 186 g/mol. The standard InChI is InChI=1S/C7H10F2O2S/c8-5(9)4-7(6(10)11)2-1-3-12-7/h5H,1-4H2,(H,10,11). The van der Waals surface area contributed by atoms with Crippen molar-refractivity contribution < 1.29 is 18.7 Å². The van der Waals surface area contributed by atoms with Gasteiger partial charge in [-0.15, -0.1) is 11.8 Å². The van der Waals surface area contributed by atoms with Crippen LogP contribution in [0, 0.1) is 0 Å². The lowest BCUT2D eigenvalue weighted by molar-refractivity contribution is -0.141. The molecule has 12 heavy (non-hydrogen) atoms. The molecule has 1 N–H and O–H groups in total. The molecular formula is C7H10F2O2S. The SMILES string of the molecule is O=C(O)C1(CC(F)F)CCCS1. The van der Waals surface area contributed by atoms with E-state index in [1.807, 2.05) is 0 Å². The summed E-state index contributed by atoms with van der Waals surface area (Å²) in [6.45, 7) is 0. The molecule has 0 aromatic carbocycles. The van der Waals surface area contributed by atoms with Crippen LogP contribution in [0.4, 0.5) is 8.78 Å². The molecule has 0 amide bonds.